The quantitative estimate of drug-likeness (QED) is 0.684. The monoisotopic (exact) mass is 366 g/mol. The van der Waals surface area contributed by atoms with Crippen LogP contribution in [0.4, 0.5) is 11.4 Å². The zero-order chi connectivity index (χ0) is 18.1. The normalized spacial score (nSPS) is 16.1. The van der Waals surface area contributed by atoms with Crippen molar-refractivity contribution in [2.45, 2.75) is 39.2 Å². The van der Waals surface area contributed by atoms with Crippen LogP contribution in [0.25, 0.3) is 10.3 Å². The highest BCUT2D eigenvalue weighted by Crippen LogP contribution is 2.41. The van der Waals surface area contributed by atoms with Crippen molar-refractivity contribution in [2.75, 3.05) is 11.4 Å². The summed E-state index contributed by atoms with van der Waals surface area (Å²) in [5.41, 5.74) is 4.39. The number of anilines is 2. The Kier molecular flexibility index (Phi) is 4.59. The average Bonchev–Trinajstić information content (AvgIpc) is 3.22. The molecule has 26 heavy (non-hydrogen) atoms. The summed E-state index contributed by atoms with van der Waals surface area (Å²) in [5, 5.41) is 3.42. The molecule has 0 saturated carbocycles. The molecule has 5 nitrogen and oxygen atoms in total. The Bertz CT molecular complexity index is 952. The number of nitrogens with zero attached hydrogens (tertiary/aromatic N) is 3. The number of carbonyl (C=O) groups is 1. The van der Waals surface area contributed by atoms with Crippen molar-refractivity contribution in [3.63, 3.8) is 0 Å². The Balaban J connectivity index is 1.72. The predicted molar refractivity (Wildman–Crippen MR) is 106 cm³/mol. The molecule has 1 N–H and O–H groups in total. The van der Waals surface area contributed by atoms with Crippen molar-refractivity contribution in [3.05, 3.63) is 47.1 Å². The number of benzene rings is 1. The van der Waals surface area contributed by atoms with Crippen LogP contribution >= 0.6 is 11.3 Å². The van der Waals surface area contributed by atoms with Crippen LogP contribution in [-0.4, -0.2) is 28.5 Å². The largest absolute Gasteiger partial charge is 0.350 e. The van der Waals surface area contributed by atoms with Gasteiger partial charge in [-0.1, -0.05) is 42.9 Å². The van der Waals surface area contributed by atoms with Crippen LogP contribution in [0, 0.1) is 0 Å². The van der Waals surface area contributed by atoms with Gasteiger partial charge in [0.05, 0.1) is 5.69 Å². The molecule has 1 amide bonds. The van der Waals surface area contributed by atoms with E-state index in [9.17, 15) is 4.79 Å². The van der Waals surface area contributed by atoms with Gasteiger partial charge < -0.3 is 10.2 Å². The smallest absolute Gasteiger partial charge is 0.280 e. The number of unbranched alkanes of at least 4 members (excludes halogenated alkanes) is 1. The predicted octanol–water partition coefficient (Wildman–Crippen LogP) is 4.30. The highest BCUT2D eigenvalue weighted by Gasteiger charge is 2.29. The lowest BCUT2D eigenvalue weighted by molar-refractivity contribution is 0.0953. The number of amides is 1. The van der Waals surface area contributed by atoms with Crippen molar-refractivity contribution in [3.8, 4) is 0 Å². The van der Waals surface area contributed by atoms with Crippen molar-refractivity contribution in [1.29, 1.82) is 0 Å². The van der Waals surface area contributed by atoms with Crippen molar-refractivity contribution < 1.29 is 4.79 Å². The van der Waals surface area contributed by atoms with E-state index in [1.165, 1.54) is 22.6 Å². The molecule has 0 fully saturated rings. The highest BCUT2D eigenvalue weighted by molar-refractivity contribution is 7.20. The Labute approximate surface area is 157 Å². The maximum Gasteiger partial charge on any atom is 0.280 e. The van der Waals surface area contributed by atoms with Gasteiger partial charge in [-0.25, -0.2) is 9.97 Å². The molecule has 1 unspecified atom stereocenters. The fourth-order valence-corrected chi connectivity index (χ4v) is 4.34. The molecule has 0 radical (unpaired) electrons. The maximum atomic E-state index is 12.4. The van der Waals surface area contributed by atoms with E-state index >= 15 is 0 Å². The number of pyridine rings is 1. The number of thiazole rings is 1. The Morgan fingerprint density at radius 2 is 2.15 bits per heavy atom. The van der Waals surface area contributed by atoms with Gasteiger partial charge in [0, 0.05) is 24.5 Å². The number of carbonyl (C=O) groups excluding carboxylic acids is 1. The summed E-state index contributed by atoms with van der Waals surface area (Å²) in [7, 11) is 0. The lowest BCUT2D eigenvalue weighted by Crippen LogP contribution is -2.25. The molecule has 0 bridgehead atoms. The van der Waals surface area contributed by atoms with Crippen molar-refractivity contribution in [1.82, 2.24) is 15.3 Å². The summed E-state index contributed by atoms with van der Waals surface area (Å²) >= 11 is 1.36. The third-order valence-corrected chi connectivity index (χ3v) is 5.72. The molecule has 1 aliphatic rings. The molecule has 1 aromatic carbocycles. The van der Waals surface area contributed by atoms with E-state index in [0.29, 0.717) is 17.6 Å². The van der Waals surface area contributed by atoms with Gasteiger partial charge in [-0.15, -0.1) is 0 Å². The van der Waals surface area contributed by atoms with Crippen molar-refractivity contribution in [2.24, 2.45) is 0 Å². The van der Waals surface area contributed by atoms with Crippen LogP contribution in [-0.2, 0) is 6.42 Å². The first-order valence-electron chi connectivity index (χ1n) is 9.10. The molecule has 3 heterocycles. The van der Waals surface area contributed by atoms with Gasteiger partial charge in [0.25, 0.3) is 5.91 Å². The van der Waals surface area contributed by atoms with E-state index in [4.69, 9.17) is 0 Å². The van der Waals surface area contributed by atoms with E-state index in [2.05, 4.69) is 58.3 Å². The number of hydrogen-bond donors (Lipinski definition) is 1. The molecule has 1 aliphatic heterocycles. The van der Waals surface area contributed by atoms with E-state index < -0.39 is 0 Å². The van der Waals surface area contributed by atoms with Gasteiger partial charge in [-0.05, 0) is 37.5 Å². The molecule has 6 heteroatoms. The number of hydrogen-bond acceptors (Lipinski definition) is 5. The molecule has 2 aromatic heterocycles. The summed E-state index contributed by atoms with van der Waals surface area (Å²) in [5.74, 6) is -0.109. The van der Waals surface area contributed by atoms with Crippen LogP contribution in [0.2, 0.25) is 0 Å². The summed E-state index contributed by atoms with van der Waals surface area (Å²) < 4.78 is 0. The molecule has 1 atom stereocenters. The van der Waals surface area contributed by atoms with E-state index in [0.717, 1.165) is 35.3 Å². The first-order chi connectivity index (χ1) is 12.7. The summed E-state index contributed by atoms with van der Waals surface area (Å²) in [6, 6.07) is 10.8. The highest BCUT2D eigenvalue weighted by atomic mass is 32.1. The molecular formula is C20H22N4OS. The fraction of sp³-hybridized carbons (Fsp3) is 0.350. The summed E-state index contributed by atoms with van der Waals surface area (Å²) in [4.78, 5) is 24.6. The van der Waals surface area contributed by atoms with Gasteiger partial charge in [0.15, 0.2) is 5.01 Å². The molecular weight excluding hydrogens is 344 g/mol. The van der Waals surface area contributed by atoms with E-state index in [-0.39, 0.29) is 5.91 Å². The molecule has 134 valence electrons. The Morgan fingerprint density at radius 3 is 3.00 bits per heavy atom. The number of nitrogens with one attached hydrogen (secondary N) is 1. The van der Waals surface area contributed by atoms with Crippen LogP contribution in [0.15, 0.2) is 36.5 Å². The number of para-hydroxylation sites is 1. The molecule has 0 spiro atoms. The second kappa shape index (κ2) is 7.03. The lowest BCUT2D eigenvalue weighted by Gasteiger charge is -2.25. The third kappa shape index (κ3) is 2.94. The fourth-order valence-electron chi connectivity index (χ4n) is 3.50. The van der Waals surface area contributed by atoms with Crippen LogP contribution in [0.1, 0.15) is 42.1 Å². The van der Waals surface area contributed by atoms with Gasteiger partial charge >= 0.3 is 0 Å². The standard InChI is InChI=1S/C20H22N4OS/c1-3-4-10-21-18(25)20-23-17-16(9-11-22-19(17)26-20)24-13(2)12-14-7-5-6-8-15(14)24/h5-9,11,13H,3-4,10,12H2,1-2H3,(H,21,25). The minimum Gasteiger partial charge on any atom is -0.350 e. The van der Waals surface area contributed by atoms with E-state index in [1.54, 1.807) is 0 Å². The minimum atomic E-state index is -0.109. The van der Waals surface area contributed by atoms with Gasteiger partial charge in [0.2, 0.25) is 0 Å². The van der Waals surface area contributed by atoms with Gasteiger partial charge in [-0.2, -0.15) is 0 Å². The first-order valence-corrected chi connectivity index (χ1v) is 9.91. The SMILES string of the molecule is CCCCNC(=O)c1nc2c(N3c4ccccc4CC3C)ccnc2s1. The molecule has 0 aliphatic carbocycles. The van der Waals surface area contributed by atoms with E-state index in [1.807, 2.05) is 12.3 Å². The van der Waals surface area contributed by atoms with Crippen LogP contribution in [0.3, 0.4) is 0 Å². The lowest BCUT2D eigenvalue weighted by atomic mass is 10.1. The van der Waals surface area contributed by atoms with Crippen LogP contribution in [0.5, 0.6) is 0 Å². The average molecular weight is 366 g/mol. The van der Waals surface area contributed by atoms with Crippen molar-refractivity contribution >= 4 is 39.0 Å². The Morgan fingerprint density at radius 1 is 1.31 bits per heavy atom. The van der Waals surface area contributed by atoms with Gasteiger partial charge in [0.1, 0.15) is 10.3 Å². The zero-order valence-electron chi connectivity index (χ0n) is 15.0. The van der Waals surface area contributed by atoms with Gasteiger partial charge in [-0.3, -0.25) is 4.79 Å². The third-order valence-electron chi connectivity index (χ3n) is 4.75. The Hall–Kier alpha value is -2.47. The first kappa shape index (κ1) is 17.0. The zero-order valence-corrected chi connectivity index (χ0v) is 15.8. The van der Waals surface area contributed by atoms with Crippen LogP contribution < -0.4 is 10.2 Å². The molecule has 4 rings (SSSR count). The topological polar surface area (TPSA) is 58.1 Å². The summed E-state index contributed by atoms with van der Waals surface area (Å²) in [6.45, 7) is 5.01. The molecule has 0 saturated heterocycles. The number of fused-ring (bicyclic) bond motifs is 2. The second-order valence-corrected chi connectivity index (χ2v) is 7.64. The minimum absolute atomic E-state index is 0.109. The maximum absolute atomic E-state index is 12.4. The number of aromatic nitrogens is 2. The summed E-state index contributed by atoms with van der Waals surface area (Å²) in [6.07, 6.45) is 4.84. The number of rotatable bonds is 5. The molecule has 3 aromatic rings. The second-order valence-electron chi connectivity index (χ2n) is 6.66.